The summed E-state index contributed by atoms with van der Waals surface area (Å²) in [5.74, 6) is -0.229. The number of fused-ring (bicyclic) bond motifs is 1. The Labute approximate surface area is 173 Å². The molecule has 2 aromatic carbocycles. The maximum absolute atomic E-state index is 12.9. The summed E-state index contributed by atoms with van der Waals surface area (Å²) in [6, 6.07) is 12.8. The van der Waals surface area contributed by atoms with Crippen LogP contribution in [-0.2, 0) is 6.54 Å². The van der Waals surface area contributed by atoms with E-state index in [1.165, 1.54) is 4.57 Å². The number of allylic oxidation sites excluding steroid dienone is 1. The van der Waals surface area contributed by atoms with E-state index in [4.69, 9.17) is 12.2 Å². The molecular weight excluding hydrogens is 384 g/mol. The van der Waals surface area contributed by atoms with Crippen molar-refractivity contribution in [1.82, 2.24) is 9.55 Å². The highest BCUT2D eigenvalue weighted by Gasteiger charge is 2.17. The molecule has 1 amide bonds. The monoisotopic (exact) mass is 406 g/mol. The first kappa shape index (κ1) is 19.1. The Morgan fingerprint density at radius 3 is 2.72 bits per heavy atom. The molecule has 0 radical (unpaired) electrons. The van der Waals surface area contributed by atoms with Crippen molar-refractivity contribution in [3.05, 3.63) is 75.8 Å². The Morgan fingerprint density at radius 1 is 1.21 bits per heavy atom. The van der Waals surface area contributed by atoms with Gasteiger partial charge in [0.15, 0.2) is 4.77 Å². The van der Waals surface area contributed by atoms with Gasteiger partial charge in [-0.2, -0.15) is 0 Å². The number of carbonyl (C=O) groups is 1. The molecule has 1 aromatic heterocycles. The molecule has 148 valence electrons. The third kappa shape index (κ3) is 3.73. The van der Waals surface area contributed by atoms with E-state index in [0.717, 1.165) is 37.3 Å². The van der Waals surface area contributed by atoms with Gasteiger partial charge in [0.2, 0.25) is 0 Å². The first-order valence-electron chi connectivity index (χ1n) is 9.61. The van der Waals surface area contributed by atoms with Gasteiger partial charge in [0.05, 0.1) is 22.3 Å². The number of aromatic nitrogens is 2. The summed E-state index contributed by atoms with van der Waals surface area (Å²) >= 11 is 5.28. The lowest BCUT2D eigenvalue weighted by molar-refractivity contribution is 0.102. The molecule has 1 aliphatic heterocycles. The van der Waals surface area contributed by atoms with E-state index >= 15 is 0 Å². The number of rotatable bonds is 5. The Kier molecular flexibility index (Phi) is 5.31. The lowest BCUT2D eigenvalue weighted by Gasteiger charge is -2.21. The molecule has 1 saturated heterocycles. The summed E-state index contributed by atoms with van der Waals surface area (Å²) in [5, 5.41) is 3.49. The molecule has 6 nitrogen and oxygen atoms in total. The topological polar surface area (TPSA) is 70.1 Å². The van der Waals surface area contributed by atoms with Crippen LogP contribution >= 0.6 is 12.2 Å². The first-order valence-corrected chi connectivity index (χ1v) is 10.0. The van der Waals surface area contributed by atoms with Crippen LogP contribution in [0.2, 0.25) is 0 Å². The number of nitrogens with one attached hydrogen (secondary N) is 2. The first-order chi connectivity index (χ1) is 14.1. The molecule has 0 atom stereocenters. The average molecular weight is 407 g/mol. The van der Waals surface area contributed by atoms with E-state index in [0.29, 0.717) is 27.8 Å². The fourth-order valence-electron chi connectivity index (χ4n) is 3.70. The second-order valence-electron chi connectivity index (χ2n) is 7.06. The number of anilines is 2. The molecule has 1 aliphatic rings. The fraction of sp³-hybridized carbons (Fsp3) is 0.227. The second kappa shape index (κ2) is 8.05. The number of benzene rings is 2. The number of para-hydroxylation sites is 2. The van der Waals surface area contributed by atoms with Gasteiger partial charge in [-0.25, -0.2) is 0 Å². The number of nitrogens with zero attached hydrogens (tertiary/aromatic N) is 2. The zero-order valence-electron chi connectivity index (χ0n) is 16.0. The van der Waals surface area contributed by atoms with Crippen LogP contribution in [0.5, 0.6) is 0 Å². The largest absolute Gasteiger partial charge is 0.370 e. The predicted molar refractivity (Wildman–Crippen MR) is 119 cm³/mol. The lowest BCUT2D eigenvalue weighted by atomic mass is 10.1. The van der Waals surface area contributed by atoms with Gasteiger partial charge in [-0.3, -0.25) is 14.2 Å². The molecule has 29 heavy (non-hydrogen) atoms. The van der Waals surface area contributed by atoms with Crippen LogP contribution in [-0.4, -0.2) is 28.5 Å². The SMILES string of the molecule is C=CCn1c(=S)[nH]c2cc(C(=O)Nc3ccccc3N3CCCC3)ccc2c1=O. The van der Waals surface area contributed by atoms with Crippen molar-refractivity contribution in [2.45, 2.75) is 19.4 Å². The normalized spacial score (nSPS) is 13.6. The van der Waals surface area contributed by atoms with Crippen LogP contribution in [0, 0.1) is 4.77 Å². The maximum Gasteiger partial charge on any atom is 0.262 e. The molecule has 2 N–H and O–H groups in total. The molecule has 0 aliphatic carbocycles. The highest BCUT2D eigenvalue weighted by atomic mass is 32.1. The van der Waals surface area contributed by atoms with Crippen molar-refractivity contribution in [2.75, 3.05) is 23.3 Å². The van der Waals surface area contributed by atoms with Crippen LogP contribution in [0.15, 0.2) is 59.9 Å². The summed E-state index contributed by atoms with van der Waals surface area (Å²) in [6.45, 7) is 5.98. The van der Waals surface area contributed by atoms with Gasteiger partial charge in [0.1, 0.15) is 0 Å². The number of hydrogen-bond acceptors (Lipinski definition) is 4. The average Bonchev–Trinajstić information content (AvgIpc) is 3.26. The molecule has 1 fully saturated rings. The van der Waals surface area contributed by atoms with Crippen molar-refractivity contribution in [2.24, 2.45) is 0 Å². The van der Waals surface area contributed by atoms with E-state index in [9.17, 15) is 9.59 Å². The Morgan fingerprint density at radius 2 is 1.97 bits per heavy atom. The number of H-pyrrole nitrogens is 1. The van der Waals surface area contributed by atoms with E-state index in [1.807, 2.05) is 24.3 Å². The van der Waals surface area contributed by atoms with Crippen molar-refractivity contribution >= 4 is 40.4 Å². The fourth-order valence-corrected chi connectivity index (χ4v) is 3.97. The smallest absolute Gasteiger partial charge is 0.262 e. The highest BCUT2D eigenvalue weighted by molar-refractivity contribution is 7.71. The molecule has 0 spiro atoms. The second-order valence-corrected chi connectivity index (χ2v) is 7.45. The zero-order chi connectivity index (χ0) is 20.4. The van der Waals surface area contributed by atoms with Crippen molar-refractivity contribution in [3.8, 4) is 0 Å². The van der Waals surface area contributed by atoms with Crippen LogP contribution < -0.4 is 15.8 Å². The van der Waals surface area contributed by atoms with Crippen molar-refractivity contribution < 1.29 is 4.79 Å². The minimum absolute atomic E-state index is 0.199. The van der Waals surface area contributed by atoms with Gasteiger partial charge in [-0.15, -0.1) is 6.58 Å². The van der Waals surface area contributed by atoms with Gasteiger partial charge in [0, 0.05) is 25.2 Å². The van der Waals surface area contributed by atoms with E-state index in [1.54, 1.807) is 24.3 Å². The van der Waals surface area contributed by atoms with Crippen molar-refractivity contribution in [1.29, 1.82) is 0 Å². The van der Waals surface area contributed by atoms with E-state index in [-0.39, 0.29) is 11.5 Å². The number of aromatic amines is 1. The summed E-state index contributed by atoms with van der Waals surface area (Å²) in [7, 11) is 0. The van der Waals surface area contributed by atoms with Crippen LogP contribution in [0.3, 0.4) is 0 Å². The van der Waals surface area contributed by atoms with Gasteiger partial charge in [-0.05, 0) is 55.4 Å². The molecule has 0 bridgehead atoms. The number of hydrogen-bond donors (Lipinski definition) is 2. The van der Waals surface area contributed by atoms with Gasteiger partial charge in [-0.1, -0.05) is 18.2 Å². The minimum atomic E-state index is -0.229. The number of amides is 1. The summed E-state index contributed by atoms with van der Waals surface area (Å²) in [4.78, 5) is 30.9. The standard InChI is InChI=1S/C22H22N4O2S/c1-2-11-26-21(28)16-10-9-15(14-18(16)24-22(26)29)20(27)23-17-7-3-4-8-19(17)25-12-5-6-13-25/h2-4,7-10,14H,1,5-6,11-13H2,(H,23,27)(H,24,29). The number of carbonyl (C=O) groups excluding carboxylic acids is 1. The third-order valence-electron chi connectivity index (χ3n) is 5.15. The van der Waals surface area contributed by atoms with Gasteiger partial charge < -0.3 is 15.2 Å². The van der Waals surface area contributed by atoms with Crippen LogP contribution in [0.4, 0.5) is 11.4 Å². The van der Waals surface area contributed by atoms with Gasteiger partial charge in [0.25, 0.3) is 11.5 Å². The van der Waals surface area contributed by atoms with E-state index < -0.39 is 0 Å². The molecule has 0 saturated carbocycles. The predicted octanol–water partition coefficient (Wildman–Crippen LogP) is 4.10. The molecule has 0 unspecified atom stereocenters. The van der Waals surface area contributed by atoms with Crippen LogP contribution in [0.1, 0.15) is 23.2 Å². The minimum Gasteiger partial charge on any atom is -0.370 e. The molecular formula is C22H22N4O2S. The molecule has 3 aromatic rings. The summed E-state index contributed by atoms with van der Waals surface area (Å²) in [5.41, 5.74) is 2.62. The van der Waals surface area contributed by atoms with E-state index in [2.05, 4.69) is 21.8 Å². The Balaban J connectivity index is 1.66. The maximum atomic E-state index is 12.9. The molecule has 4 rings (SSSR count). The summed E-state index contributed by atoms with van der Waals surface area (Å²) < 4.78 is 1.75. The third-order valence-corrected chi connectivity index (χ3v) is 5.48. The van der Waals surface area contributed by atoms with Crippen LogP contribution in [0.25, 0.3) is 10.9 Å². The molecule has 7 heteroatoms. The summed E-state index contributed by atoms with van der Waals surface area (Å²) in [6.07, 6.45) is 3.95. The molecule has 2 heterocycles. The lowest BCUT2D eigenvalue weighted by Crippen LogP contribution is -2.22. The zero-order valence-corrected chi connectivity index (χ0v) is 16.8. The Bertz CT molecular complexity index is 1210. The Hall–Kier alpha value is -3.19. The van der Waals surface area contributed by atoms with Gasteiger partial charge >= 0.3 is 0 Å². The highest BCUT2D eigenvalue weighted by Crippen LogP contribution is 2.29. The quantitative estimate of drug-likeness (QED) is 0.494. The van der Waals surface area contributed by atoms with Crippen molar-refractivity contribution in [3.63, 3.8) is 0 Å².